The smallest absolute Gasteiger partial charge is 0.123 e. The van der Waals surface area contributed by atoms with Gasteiger partial charge in [0.05, 0.1) is 28.4 Å². The first-order chi connectivity index (χ1) is 41.7. The molecule has 0 aliphatic rings. The van der Waals surface area contributed by atoms with Crippen molar-refractivity contribution in [3.05, 3.63) is 119 Å². The van der Waals surface area contributed by atoms with Crippen molar-refractivity contribution in [2.45, 2.75) is 270 Å². The summed E-state index contributed by atoms with van der Waals surface area (Å²) in [5.41, 5.74) is 5.20. The predicted molar refractivity (Wildman–Crippen MR) is 364 cm³/mol. The van der Waals surface area contributed by atoms with Crippen molar-refractivity contribution >= 4 is 0 Å². The number of benzene rings is 4. The molecule has 0 fully saturated rings. The van der Waals surface area contributed by atoms with Crippen LogP contribution in [0.5, 0.6) is 23.0 Å². The molecule has 0 aliphatic heterocycles. The van der Waals surface area contributed by atoms with Crippen LogP contribution in [0.3, 0.4) is 0 Å². The van der Waals surface area contributed by atoms with Crippen molar-refractivity contribution in [3.63, 3.8) is 0 Å². The topological polar surface area (TPSA) is 85.0 Å². The first-order valence-electron chi connectivity index (χ1n) is 35.0. The molecule has 4 aromatic rings. The molecule has 0 aromatic heterocycles. The number of rotatable bonds is 58. The zero-order chi connectivity index (χ0) is 59.5. The molecule has 0 unspecified atom stereocenters. The fourth-order valence-corrected chi connectivity index (χ4v) is 11.6. The minimum atomic E-state index is 0.898. The summed E-state index contributed by atoms with van der Waals surface area (Å²) < 4.78 is 21.7. The molecule has 476 valence electrons. The largest absolute Gasteiger partial charge is 0.496 e. The van der Waals surface area contributed by atoms with Gasteiger partial charge in [0.1, 0.15) is 23.0 Å². The van der Waals surface area contributed by atoms with Crippen LogP contribution >= 0.6 is 0 Å². The second kappa shape index (κ2) is 56.7. The first kappa shape index (κ1) is 74.2. The number of aryl methyl sites for hydroxylation is 2. The highest BCUT2D eigenvalue weighted by molar-refractivity contribution is 5.35. The van der Waals surface area contributed by atoms with E-state index < -0.39 is 0 Å². The molecule has 0 spiro atoms. The van der Waals surface area contributed by atoms with Gasteiger partial charge in [-0.15, -0.1) is 0 Å². The third kappa shape index (κ3) is 41.1. The van der Waals surface area contributed by atoms with Gasteiger partial charge in [0, 0.05) is 24.2 Å². The Morgan fingerprint density at radius 1 is 0.202 bits per heavy atom. The Kier molecular flexibility index (Phi) is 50.1. The van der Waals surface area contributed by atoms with Crippen LogP contribution in [0.15, 0.2) is 97.1 Å². The normalized spacial score (nSPS) is 11.2. The van der Waals surface area contributed by atoms with E-state index in [2.05, 4.69) is 94.1 Å². The average molecular weight is 1160 g/mol. The van der Waals surface area contributed by atoms with E-state index in [0.29, 0.717) is 0 Å². The number of unbranched alkanes of at least 4 members (excludes halogenated alkanes) is 34. The van der Waals surface area contributed by atoms with Gasteiger partial charge in [0.15, 0.2) is 0 Å². The Bertz CT molecular complexity index is 1740. The van der Waals surface area contributed by atoms with Crippen LogP contribution in [0.2, 0.25) is 0 Å². The fraction of sp³-hybridized carbons (Fsp3) is 0.684. The third-order valence-electron chi connectivity index (χ3n) is 16.9. The van der Waals surface area contributed by atoms with Crippen molar-refractivity contribution in [2.24, 2.45) is 0 Å². The summed E-state index contributed by atoms with van der Waals surface area (Å²) >= 11 is 0. The number of ether oxygens (including phenoxy) is 4. The van der Waals surface area contributed by atoms with Crippen LogP contribution in [-0.2, 0) is 25.9 Å². The highest BCUT2D eigenvalue weighted by atomic mass is 16.5. The van der Waals surface area contributed by atoms with Gasteiger partial charge in [-0.05, 0) is 139 Å². The lowest BCUT2D eigenvalue weighted by Crippen LogP contribution is -2.16. The van der Waals surface area contributed by atoms with E-state index in [-0.39, 0.29) is 0 Å². The van der Waals surface area contributed by atoms with Crippen LogP contribution in [0.25, 0.3) is 0 Å². The number of hydrogen-bond donors (Lipinski definition) is 4. The molecule has 4 rings (SSSR count). The Labute approximate surface area is 517 Å². The molecular formula is C76H128N4O4. The van der Waals surface area contributed by atoms with E-state index in [4.69, 9.17) is 18.9 Å². The number of hydrogen-bond acceptors (Lipinski definition) is 8. The highest BCUT2D eigenvalue weighted by Crippen LogP contribution is 2.23. The molecule has 0 atom stereocenters. The second-order valence-corrected chi connectivity index (χ2v) is 24.0. The lowest BCUT2D eigenvalue weighted by Gasteiger charge is -2.09. The molecule has 0 bridgehead atoms. The molecule has 0 saturated carbocycles. The Morgan fingerprint density at radius 3 is 0.619 bits per heavy atom. The fourth-order valence-electron chi connectivity index (χ4n) is 11.6. The van der Waals surface area contributed by atoms with Gasteiger partial charge in [-0.2, -0.15) is 0 Å². The van der Waals surface area contributed by atoms with Gasteiger partial charge < -0.3 is 40.2 Å². The molecule has 84 heavy (non-hydrogen) atoms. The average Bonchev–Trinajstić information content (AvgIpc) is 3.62. The number of nitrogens with one attached hydrogen (secondary N) is 4. The van der Waals surface area contributed by atoms with E-state index in [9.17, 15) is 0 Å². The number of para-hydroxylation sites is 4. The maximum atomic E-state index is 5.45. The van der Waals surface area contributed by atoms with E-state index in [1.54, 1.807) is 28.4 Å². The van der Waals surface area contributed by atoms with E-state index >= 15 is 0 Å². The minimum absolute atomic E-state index is 0.898. The van der Waals surface area contributed by atoms with Gasteiger partial charge in [-0.3, -0.25) is 0 Å². The zero-order valence-electron chi connectivity index (χ0n) is 54.8. The van der Waals surface area contributed by atoms with Crippen molar-refractivity contribution < 1.29 is 18.9 Å². The quantitative estimate of drug-likeness (QED) is 0.0326. The van der Waals surface area contributed by atoms with Crippen LogP contribution < -0.4 is 40.2 Å². The summed E-state index contributed by atoms with van der Waals surface area (Å²) in [7, 11) is 7.03. The molecule has 0 radical (unpaired) electrons. The summed E-state index contributed by atoms with van der Waals surface area (Å²) in [6, 6.07) is 33.4. The number of methoxy groups -OCH3 is 4. The summed E-state index contributed by atoms with van der Waals surface area (Å²) in [6.07, 6.45) is 54.6. The molecular weight excluding hydrogens is 1030 g/mol. The summed E-state index contributed by atoms with van der Waals surface area (Å²) in [5.74, 6) is 4.05. The van der Waals surface area contributed by atoms with E-state index in [0.717, 1.165) is 62.0 Å². The van der Waals surface area contributed by atoms with Gasteiger partial charge in [-0.1, -0.05) is 265 Å². The Morgan fingerprint density at radius 2 is 0.381 bits per heavy atom. The zero-order valence-corrected chi connectivity index (χ0v) is 54.8. The standard InChI is InChI=1S/2C38H64N2O2/c2*1-41-37-29-21-19-27-35(37)26-18-14-10-13-16-24-32-39-31-23-15-11-8-6-4-3-5-7-9-12-17-25-33-40-34-36-28-20-22-30-38(36)42-2/h2*19-22,27-30,39-40H,3-18,23-26,31-34H2,1-2H3. The lowest BCUT2D eigenvalue weighted by atomic mass is 10.0. The maximum Gasteiger partial charge on any atom is 0.123 e. The van der Waals surface area contributed by atoms with Gasteiger partial charge in [0.2, 0.25) is 0 Å². The molecule has 0 amide bonds. The summed E-state index contributed by atoms with van der Waals surface area (Å²) in [6.45, 7) is 8.80. The summed E-state index contributed by atoms with van der Waals surface area (Å²) in [4.78, 5) is 0. The van der Waals surface area contributed by atoms with E-state index in [1.807, 2.05) is 24.3 Å². The van der Waals surface area contributed by atoms with Crippen molar-refractivity contribution in [3.8, 4) is 23.0 Å². The Hall–Kier alpha value is -4.08. The molecule has 0 saturated heterocycles. The monoisotopic (exact) mass is 1160 g/mol. The molecule has 4 N–H and O–H groups in total. The Balaban J connectivity index is 0.000000440. The lowest BCUT2D eigenvalue weighted by molar-refractivity contribution is 0.407. The van der Waals surface area contributed by atoms with E-state index in [1.165, 1.54) is 292 Å². The third-order valence-corrected chi connectivity index (χ3v) is 16.9. The first-order valence-corrected chi connectivity index (χ1v) is 35.0. The highest BCUT2D eigenvalue weighted by Gasteiger charge is 2.06. The van der Waals surface area contributed by atoms with Crippen molar-refractivity contribution in [2.75, 3.05) is 67.7 Å². The van der Waals surface area contributed by atoms with Crippen molar-refractivity contribution in [1.82, 2.24) is 21.3 Å². The molecule has 8 heteroatoms. The predicted octanol–water partition coefficient (Wildman–Crippen LogP) is 20.1. The maximum absolute atomic E-state index is 5.45. The molecule has 0 heterocycles. The molecule has 0 aliphatic carbocycles. The van der Waals surface area contributed by atoms with Crippen LogP contribution in [-0.4, -0.2) is 67.7 Å². The van der Waals surface area contributed by atoms with Crippen LogP contribution in [0.4, 0.5) is 0 Å². The second-order valence-electron chi connectivity index (χ2n) is 24.0. The van der Waals surface area contributed by atoms with Gasteiger partial charge in [-0.25, -0.2) is 0 Å². The SMILES string of the molecule is COc1ccccc1CCCCCCCCNCCCCCCCCCCCCCCCNCc1ccccc1OC.COc1ccccc1CCCCCCCCNCCCCCCCCCCCCCCCNCc1ccccc1OC. The minimum Gasteiger partial charge on any atom is -0.496 e. The van der Waals surface area contributed by atoms with Crippen LogP contribution in [0.1, 0.15) is 266 Å². The molecule has 8 nitrogen and oxygen atoms in total. The molecule has 4 aromatic carbocycles. The summed E-state index contributed by atoms with van der Waals surface area (Å²) in [5, 5.41) is 14.4. The van der Waals surface area contributed by atoms with Gasteiger partial charge in [0.25, 0.3) is 0 Å². The van der Waals surface area contributed by atoms with Crippen molar-refractivity contribution in [1.29, 1.82) is 0 Å². The van der Waals surface area contributed by atoms with Gasteiger partial charge >= 0.3 is 0 Å². The van der Waals surface area contributed by atoms with Crippen LogP contribution in [0, 0.1) is 0 Å².